The molecule has 0 spiro atoms. The summed E-state index contributed by atoms with van der Waals surface area (Å²) < 4.78 is 0.588. The Balaban J connectivity index is 1.60. The predicted octanol–water partition coefficient (Wildman–Crippen LogP) is 4.48. The van der Waals surface area contributed by atoms with Crippen molar-refractivity contribution in [1.82, 2.24) is 4.90 Å². The quantitative estimate of drug-likeness (QED) is 0.652. The number of piperidine rings is 1. The second-order valence-electron chi connectivity index (χ2n) is 11.6. The van der Waals surface area contributed by atoms with Crippen LogP contribution in [0.5, 0.6) is 0 Å². The molecule has 7 atom stereocenters. The van der Waals surface area contributed by atoms with Crippen LogP contribution in [-0.2, 0) is 9.59 Å². The third-order valence-corrected chi connectivity index (χ3v) is 10.5. The lowest BCUT2D eigenvalue weighted by Gasteiger charge is -2.62. The Hall–Kier alpha value is -0.900. The van der Waals surface area contributed by atoms with Gasteiger partial charge < -0.3 is 4.90 Å². The molecule has 2 amide bonds. The minimum atomic E-state index is 0.179. The first-order valence-electron chi connectivity index (χ1n) is 12.3. The summed E-state index contributed by atoms with van der Waals surface area (Å²) in [5.74, 6) is 3.23. The minimum Gasteiger partial charge on any atom is -0.343 e. The van der Waals surface area contributed by atoms with Gasteiger partial charge in [0.1, 0.15) is 6.04 Å². The maximum atomic E-state index is 13.3. The van der Waals surface area contributed by atoms with Crippen molar-refractivity contribution in [3.8, 4) is 0 Å². The number of rotatable bonds is 3. The summed E-state index contributed by atoms with van der Waals surface area (Å²) in [5.41, 5.74) is 0.460. The van der Waals surface area contributed by atoms with Gasteiger partial charge in [0.2, 0.25) is 5.91 Å². The molecule has 0 radical (unpaired) electrons. The van der Waals surface area contributed by atoms with Gasteiger partial charge in [-0.2, -0.15) is 0 Å². The molecule has 1 heterocycles. The third-order valence-electron chi connectivity index (χ3n) is 10.5. The molecule has 164 valence electrons. The molecule has 4 rings (SSSR count). The molecule has 0 N–H and O–H groups in total. The van der Waals surface area contributed by atoms with Crippen LogP contribution in [0.1, 0.15) is 79.1 Å². The van der Waals surface area contributed by atoms with Crippen LogP contribution in [0.15, 0.2) is 0 Å². The SMILES string of the molecule is CCN(CC)C(=O)[C@H]1CC[C@H]2[C@@H]3CC[C@@H]4[C@](C)(CCC(=O)[N+]4(C)C)[C@H]3CC[C@]12C. The van der Waals surface area contributed by atoms with Crippen molar-refractivity contribution in [3.05, 3.63) is 0 Å². The van der Waals surface area contributed by atoms with Crippen molar-refractivity contribution in [2.45, 2.75) is 85.1 Å². The molecule has 0 bridgehead atoms. The van der Waals surface area contributed by atoms with Gasteiger partial charge >= 0.3 is 5.91 Å². The highest BCUT2D eigenvalue weighted by Crippen LogP contribution is 2.66. The molecule has 0 aromatic rings. The zero-order chi connectivity index (χ0) is 21.2. The van der Waals surface area contributed by atoms with E-state index in [1.54, 1.807) is 0 Å². The van der Waals surface area contributed by atoms with Crippen molar-refractivity contribution in [3.63, 3.8) is 0 Å². The van der Waals surface area contributed by atoms with Crippen molar-refractivity contribution in [1.29, 1.82) is 0 Å². The van der Waals surface area contributed by atoms with Crippen LogP contribution in [0.4, 0.5) is 0 Å². The van der Waals surface area contributed by atoms with Gasteiger partial charge in [-0.25, -0.2) is 4.79 Å². The van der Waals surface area contributed by atoms with Crippen LogP contribution in [-0.4, -0.2) is 54.4 Å². The molecule has 3 aliphatic carbocycles. The molecule has 3 saturated carbocycles. The summed E-state index contributed by atoms with van der Waals surface area (Å²) in [6.07, 6.45) is 9.01. The van der Waals surface area contributed by atoms with E-state index in [4.69, 9.17) is 0 Å². The van der Waals surface area contributed by atoms with Gasteiger partial charge in [-0.3, -0.25) is 9.28 Å². The summed E-state index contributed by atoms with van der Waals surface area (Å²) in [4.78, 5) is 28.1. The molecule has 29 heavy (non-hydrogen) atoms. The second kappa shape index (κ2) is 7.07. The van der Waals surface area contributed by atoms with E-state index in [-0.39, 0.29) is 16.7 Å². The maximum absolute atomic E-state index is 13.3. The van der Waals surface area contributed by atoms with E-state index in [1.807, 2.05) is 0 Å². The Labute approximate surface area is 178 Å². The van der Waals surface area contributed by atoms with Crippen LogP contribution >= 0.6 is 0 Å². The zero-order valence-corrected chi connectivity index (χ0v) is 19.7. The minimum absolute atomic E-state index is 0.179. The predicted molar refractivity (Wildman–Crippen MR) is 116 cm³/mol. The molecular formula is C25H43N2O2+. The smallest absolute Gasteiger partial charge is 0.313 e. The number of likely N-dealkylation sites (tertiary alicyclic amines) is 1. The number of amides is 2. The average molecular weight is 404 g/mol. The molecule has 0 aromatic carbocycles. The van der Waals surface area contributed by atoms with E-state index >= 15 is 0 Å². The highest BCUT2D eigenvalue weighted by atomic mass is 16.2. The highest BCUT2D eigenvalue weighted by molar-refractivity contribution is 5.80. The summed E-state index contributed by atoms with van der Waals surface area (Å²) in [6, 6.07) is 0.476. The lowest BCUT2D eigenvalue weighted by molar-refractivity contribution is -0.857. The number of carbonyl (C=O) groups is 2. The molecule has 4 nitrogen and oxygen atoms in total. The van der Waals surface area contributed by atoms with Crippen LogP contribution in [0.25, 0.3) is 0 Å². The van der Waals surface area contributed by atoms with Gasteiger partial charge in [0, 0.05) is 30.8 Å². The van der Waals surface area contributed by atoms with Crippen molar-refractivity contribution >= 4 is 11.8 Å². The Morgan fingerprint density at radius 3 is 2.28 bits per heavy atom. The molecule has 1 aliphatic heterocycles. The highest BCUT2D eigenvalue weighted by Gasteiger charge is 2.65. The lowest BCUT2D eigenvalue weighted by Crippen LogP contribution is -2.68. The Kier molecular flexibility index (Phi) is 5.20. The summed E-state index contributed by atoms with van der Waals surface area (Å²) in [7, 11) is 4.32. The number of fused-ring (bicyclic) bond motifs is 5. The fourth-order valence-electron chi connectivity index (χ4n) is 8.85. The molecule has 0 unspecified atom stereocenters. The van der Waals surface area contributed by atoms with Gasteiger partial charge in [0.25, 0.3) is 0 Å². The Bertz CT molecular complexity index is 684. The molecule has 0 aromatic heterocycles. The van der Waals surface area contributed by atoms with E-state index in [1.165, 1.54) is 32.1 Å². The number of carbonyl (C=O) groups excluding carboxylic acids is 2. The first kappa shape index (κ1) is 21.3. The molecule has 4 fully saturated rings. The zero-order valence-electron chi connectivity index (χ0n) is 19.7. The van der Waals surface area contributed by atoms with E-state index in [9.17, 15) is 9.59 Å². The maximum Gasteiger partial charge on any atom is 0.313 e. The van der Waals surface area contributed by atoms with Crippen molar-refractivity contribution in [2.75, 3.05) is 27.2 Å². The number of hydrogen-bond acceptors (Lipinski definition) is 2. The number of nitrogens with zero attached hydrogens (tertiary/aromatic N) is 2. The monoisotopic (exact) mass is 403 g/mol. The van der Waals surface area contributed by atoms with Crippen LogP contribution in [0, 0.1) is 34.5 Å². The van der Waals surface area contributed by atoms with Gasteiger partial charge in [0.15, 0.2) is 0 Å². The molecule has 1 saturated heterocycles. The Morgan fingerprint density at radius 2 is 1.62 bits per heavy atom. The first-order valence-corrected chi connectivity index (χ1v) is 12.3. The summed E-state index contributed by atoms with van der Waals surface area (Å²) >= 11 is 0. The van der Waals surface area contributed by atoms with Gasteiger partial charge in [0.05, 0.1) is 20.5 Å². The van der Waals surface area contributed by atoms with Crippen LogP contribution in [0.3, 0.4) is 0 Å². The molecule has 4 heteroatoms. The van der Waals surface area contributed by atoms with Crippen molar-refractivity contribution < 1.29 is 14.1 Å². The van der Waals surface area contributed by atoms with Gasteiger partial charge in [-0.15, -0.1) is 0 Å². The molecule has 4 aliphatic rings. The topological polar surface area (TPSA) is 37.4 Å². The normalized spacial score (nSPS) is 45.9. The van der Waals surface area contributed by atoms with Gasteiger partial charge in [-0.1, -0.05) is 13.8 Å². The fourth-order valence-corrected chi connectivity index (χ4v) is 8.85. The van der Waals surface area contributed by atoms with Gasteiger partial charge in [-0.05, 0) is 75.5 Å². The average Bonchev–Trinajstić information content (AvgIpc) is 3.03. The largest absolute Gasteiger partial charge is 0.343 e. The van der Waals surface area contributed by atoms with Crippen molar-refractivity contribution in [2.24, 2.45) is 34.5 Å². The molecular weight excluding hydrogens is 360 g/mol. The summed E-state index contributed by atoms with van der Waals surface area (Å²) in [6.45, 7) is 10.8. The first-order chi connectivity index (χ1) is 13.6. The van der Waals surface area contributed by atoms with E-state index in [0.717, 1.165) is 44.2 Å². The van der Waals surface area contributed by atoms with E-state index in [2.05, 4.69) is 46.7 Å². The van der Waals surface area contributed by atoms with Crippen LogP contribution in [0.2, 0.25) is 0 Å². The second-order valence-corrected chi connectivity index (χ2v) is 11.6. The number of hydrogen-bond donors (Lipinski definition) is 0. The summed E-state index contributed by atoms with van der Waals surface area (Å²) in [5, 5.41) is 0. The lowest BCUT2D eigenvalue weighted by atomic mass is 9.46. The third kappa shape index (κ3) is 2.87. The van der Waals surface area contributed by atoms with E-state index < -0.39 is 0 Å². The fraction of sp³-hybridized carbons (Fsp3) is 0.920. The standard InChI is InChI=1S/C25H43N2O2/c1-7-26(8-2)23(29)20-11-10-18-17-9-12-21-25(4,16-14-22(28)27(21,5)6)19(17)13-15-24(18,20)3/h17-21H,7-16H2,1-6H3/q+1/t17-,18-,19-,20+,21+,24-,25+/m0/s1. The Morgan fingerprint density at radius 1 is 0.966 bits per heavy atom. The van der Waals surface area contributed by atoms with E-state index in [0.29, 0.717) is 28.3 Å². The van der Waals surface area contributed by atoms with Crippen LogP contribution < -0.4 is 0 Å². The number of quaternary nitrogens is 1.